The van der Waals surface area contributed by atoms with Gasteiger partial charge >= 0.3 is 0 Å². The molecule has 0 aromatic heterocycles. The normalized spacial score (nSPS) is 55.6. The summed E-state index contributed by atoms with van der Waals surface area (Å²) < 4.78 is 29.4. The maximum atomic E-state index is 10.8. The average molecular weight is 611 g/mol. The number of hydrogen-bond acceptors (Lipinski definition) is 15. The van der Waals surface area contributed by atoms with E-state index in [2.05, 4.69) is 0 Å². The van der Waals surface area contributed by atoms with E-state index in [0.717, 1.165) is 0 Å². The summed E-state index contributed by atoms with van der Waals surface area (Å²) >= 11 is 0. The fourth-order valence-corrected chi connectivity index (χ4v) is 7.09. The van der Waals surface area contributed by atoms with Crippen LogP contribution >= 0.6 is 0 Å². The second-order valence-corrected chi connectivity index (χ2v) is 12.6. The van der Waals surface area contributed by atoms with Crippen LogP contribution in [-0.2, 0) is 23.7 Å². The quantitative estimate of drug-likeness (QED) is 0.137. The molecule has 5 fully saturated rings. The van der Waals surface area contributed by atoms with Gasteiger partial charge in [0.1, 0.15) is 42.7 Å². The smallest absolute Gasteiger partial charge is 0.187 e. The highest BCUT2D eigenvalue weighted by Gasteiger charge is 2.52. The lowest BCUT2D eigenvalue weighted by Gasteiger charge is -2.51. The minimum atomic E-state index is -1.71. The van der Waals surface area contributed by atoms with Gasteiger partial charge < -0.3 is 74.7 Å². The first-order valence-corrected chi connectivity index (χ1v) is 14.9. The molecule has 0 aromatic carbocycles. The highest BCUT2D eigenvalue weighted by Crippen LogP contribution is 2.43. The van der Waals surface area contributed by atoms with Gasteiger partial charge in [-0.1, -0.05) is 0 Å². The molecule has 10 N–H and O–H groups in total. The molecule has 9 unspecified atom stereocenters. The maximum Gasteiger partial charge on any atom is 0.187 e. The molecule has 0 amide bonds. The third-order valence-electron chi connectivity index (χ3n) is 9.69. The van der Waals surface area contributed by atoms with Crippen molar-refractivity contribution >= 4 is 0 Å². The lowest BCUT2D eigenvalue weighted by molar-refractivity contribution is -0.345. The van der Waals surface area contributed by atoms with Gasteiger partial charge in [0.25, 0.3) is 0 Å². The van der Waals surface area contributed by atoms with Gasteiger partial charge in [-0.3, -0.25) is 0 Å². The van der Waals surface area contributed by atoms with Crippen molar-refractivity contribution in [2.24, 2.45) is 11.8 Å². The summed E-state index contributed by atoms with van der Waals surface area (Å²) in [6.07, 6.45) is -18.0. The number of aliphatic hydroxyl groups excluding tert-OH is 10. The van der Waals surface area contributed by atoms with Crippen LogP contribution in [0.1, 0.15) is 45.4 Å². The second-order valence-electron chi connectivity index (χ2n) is 12.6. The molecular weight excluding hydrogens is 564 g/mol. The predicted octanol–water partition coefficient (Wildman–Crippen LogP) is -4.17. The van der Waals surface area contributed by atoms with Gasteiger partial charge in [0.2, 0.25) is 0 Å². The molecule has 19 atom stereocenters. The van der Waals surface area contributed by atoms with Gasteiger partial charge in [0.05, 0.1) is 55.4 Å². The molecule has 3 aliphatic heterocycles. The largest absolute Gasteiger partial charge is 0.393 e. The van der Waals surface area contributed by atoms with E-state index < -0.39 is 117 Å². The SMILES string of the molecule is C[C@H]1O[C@@H](OC[C@H]2O[C@@H](OC3CC4C(O)CC(O)CC4OC3C3CCC(O)C(O)C3)[C@H](O)[C@@H](O)[C@@H]2O)[C@H](O)[C@@H](O)[C@@H]1O. The van der Waals surface area contributed by atoms with Crippen molar-refractivity contribution < 1.29 is 74.7 Å². The van der Waals surface area contributed by atoms with Crippen LogP contribution in [0.15, 0.2) is 0 Å². The van der Waals surface area contributed by atoms with Crippen molar-refractivity contribution in [3.05, 3.63) is 0 Å². The first-order valence-electron chi connectivity index (χ1n) is 14.9. The number of ether oxygens (including phenoxy) is 5. The molecule has 42 heavy (non-hydrogen) atoms. The molecule has 0 bridgehead atoms. The van der Waals surface area contributed by atoms with E-state index in [1.807, 2.05) is 0 Å². The summed E-state index contributed by atoms with van der Waals surface area (Å²) in [6, 6.07) is 0. The van der Waals surface area contributed by atoms with Crippen LogP contribution in [0.5, 0.6) is 0 Å². The summed E-state index contributed by atoms with van der Waals surface area (Å²) in [7, 11) is 0. The third-order valence-corrected chi connectivity index (χ3v) is 9.69. The van der Waals surface area contributed by atoms with Crippen LogP contribution in [0.3, 0.4) is 0 Å². The third kappa shape index (κ3) is 6.66. The van der Waals surface area contributed by atoms with Crippen LogP contribution in [0.25, 0.3) is 0 Å². The van der Waals surface area contributed by atoms with Crippen molar-refractivity contribution in [2.75, 3.05) is 6.61 Å². The summed E-state index contributed by atoms with van der Waals surface area (Å²) in [4.78, 5) is 0. The van der Waals surface area contributed by atoms with E-state index in [1.54, 1.807) is 0 Å². The Labute approximate surface area is 243 Å². The van der Waals surface area contributed by atoms with E-state index in [4.69, 9.17) is 23.7 Å². The molecule has 5 aliphatic rings. The van der Waals surface area contributed by atoms with Gasteiger partial charge in [-0.05, 0) is 51.4 Å². The van der Waals surface area contributed by atoms with E-state index in [9.17, 15) is 51.1 Å². The van der Waals surface area contributed by atoms with Gasteiger partial charge in [-0.25, -0.2) is 0 Å². The number of rotatable bonds is 6. The Bertz CT molecular complexity index is 882. The molecule has 3 saturated heterocycles. The predicted molar refractivity (Wildman–Crippen MR) is 137 cm³/mol. The average Bonchev–Trinajstić information content (AvgIpc) is 2.95. The number of hydrogen-bond donors (Lipinski definition) is 10. The zero-order chi connectivity index (χ0) is 30.5. The molecular formula is C27H46O15. The van der Waals surface area contributed by atoms with Crippen molar-refractivity contribution in [2.45, 2.75) is 150 Å². The summed E-state index contributed by atoms with van der Waals surface area (Å²) in [5, 5.41) is 104. The summed E-state index contributed by atoms with van der Waals surface area (Å²) in [6.45, 7) is 1.04. The standard InChI is InChI=1S/C27H46O15/c1-9-19(32)21(34)23(36)26(39-9)38-8-18-20(33)22(35)24(37)27(42-18)41-17-7-12-14(30)5-11(28)6-16(12)40-25(17)10-2-3-13(29)15(31)4-10/h9-37H,2-8H2,1H3/t9-,10?,11?,12?,13?,14?,15?,16?,17?,18-,19-,20-,21+,22+,23-,24-,25?,26-,27-/m1/s1. The maximum absolute atomic E-state index is 10.8. The van der Waals surface area contributed by atoms with Crippen LogP contribution < -0.4 is 0 Å². The van der Waals surface area contributed by atoms with Gasteiger partial charge in [-0.2, -0.15) is 0 Å². The highest BCUT2D eigenvalue weighted by molar-refractivity contribution is 4.99. The first-order chi connectivity index (χ1) is 19.8. The van der Waals surface area contributed by atoms with E-state index >= 15 is 0 Å². The molecule has 2 saturated carbocycles. The fourth-order valence-electron chi connectivity index (χ4n) is 7.09. The van der Waals surface area contributed by atoms with Crippen molar-refractivity contribution in [1.29, 1.82) is 0 Å². The molecule has 15 heteroatoms. The summed E-state index contributed by atoms with van der Waals surface area (Å²) in [5.41, 5.74) is 0. The zero-order valence-corrected chi connectivity index (χ0v) is 23.4. The minimum absolute atomic E-state index is 0.169. The Kier molecular flexibility index (Phi) is 10.5. The molecule has 3 heterocycles. The highest BCUT2D eigenvalue weighted by atomic mass is 16.7. The zero-order valence-electron chi connectivity index (χ0n) is 23.4. The van der Waals surface area contributed by atoms with Crippen LogP contribution in [0, 0.1) is 11.8 Å². The Hall–Kier alpha value is -0.600. The van der Waals surface area contributed by atoms with Crippen LogP contribution in [-0.4, -0.2) is 162 Å². The molecule has 0 aromatic rings. The molecule has 5 rings (SSSR count). The lowest BCUT2D eigenvalue weighted by Crippen LogP contribution is -2.63. The molecule has 0 radical (unpaired) electrons. The number of aliphatic hydroxyl groups is 10. The fraction of sp³-hybridized carbons (Fsp3) is 1.00. The topological polar surface area (TPSA) is 248 Å². The molecule has 0 spiro atoms. The van der Waals surface area contributed by atoms with Crippen molar-refractivity contribution in [3.8, 4) is 0 Å². The molecule has 244 valence electrons. The Morgan fingerprint density at radius 1 is 0.619 bits per heavy atom. The van der Waals surface area contributed by atoms with Gasteiger partial charge in [0, 0.05) is 5.92 Å². The second kappa shape index (κ2) is 13.4. The van der Waals surface area contributed by atoms with Crippen LogP contribution in [0.2, 0.25) is 0 Å². The summed E-state index contributed by atoms with van der Waals surface area (Å²) in [5.74, 6) is -0.646. The molecule has 15 nitrogen and oxygen atoms in total. The Balaban J connectivity index is 1.29. The molecule has 2 aliphatic carbocycles. The number of fused-ring (bicyclic) bond motifs is 1. The van der Waals surface area contributed by atoms with Crippen LogP contribution in [0.4, 0.5) is 0 Å². The van der Waals surface area contributed by atoms with E-state index in [1.165, 1.54) is 6.92 Å². The van der Waals surface area contributed by atoms with E-state index in [-0.39, 0.29) is 25.2 Å². The Morgan fingerprint density at radius 3 is 2.02 bits per heavy atom. The Morgan fingerprint density at radius 2 is 1.31 bits per heavy atom. The van der Waals surface area contributed by atoms with Gasteiger partial charge in [0.15, 0.2) is 12.6 Å². The van der Waals surface area contributed by atoms with Crippen molar-refractivity contribution in [3.63, 3.8) is 0 Å². The van der Waals surface area contributed by atoms with Gasteiger partial charge in [-0.15, -0.1) is 0 Å². The monoisotopic (exact) mass is 610 g/mol. The minimum Gasteiger partial charge on any atom is -0.393 e. The van der Waals surface area contributed by atoms with E-state index in [0.29, 0.717) is 19.3 Å². The van der Waals surface area contributed by atoms with Crippen molar-refractivity contribution in [1.82, 2.24) is 0 Å². The lowest BCUT2D eigenvalue weighted by atomic mass is 9.72. The first kappa shape index (κ1) is 32.8.